The molecule has 0 atom stereocenters. The number of sulfone groups is 3. The van der Waals surface area contributed by atoms with Gasteiger partial charge in [-0.1, -0.05) is 0 Å². The Hall–Kier alpha value is -5.88. The SMILES string of the molecule is Nc1c(/N=N/c2ccc(S(=O)(=O)CCOS(=O)(=O)O)cc2)c(N)c(/N=N/c2ccc(S(=O)(=O)CCOS(=O)(=O)O)cc2S(=O)(=O)O)c(C(=O)O)c1/N=N/c1ccc(S(=O)(=O)COS(=O)(=O)O)cc1. The molecule has 0 saturated carbocycles. The fraction of sp³-hybridized carbons (Fsp3) is 0.167. The first kappa shape index (κ1) is 54.7. The standard InChI is InChI=1S/C30H30N8O23S7/c31-25-27(36-33-17-3-7-20(8-4-17)64(45,46)16-61-68(56,57)58)24(30(39)40)28(26(32)29(25)38-34-18-1-5-19(6-2-18)62(41,42)13-11-59-66(50,51)52)37-35-22-10-9-21(15-23(22)65(47,48)49)63(43,44)14-12-60-67(53,54)55/h1-10,15H,11-14,16,31-32H2,(H,39,40)(H,47,48,49)(H,50,51,52)(H,53,54,55)(H,56,57,58)/b36-33+,37-35+,38-34+. The van der Waals surface area contributed by atoms with Gasteiger partial charge in [0, 0.05) is 0 Å². The topological polar surface area (TPSA) is 511 Å². The molecule has 0 saturated heterocycles. The predicted octanol–water partition coefficient (Wildman–Crippen LogP) is 2.78. The van der Waals surface area contributed by atoms with Crippen LogP contribution in [0.15, 0.2) is 117 Å². The Balaban J connectivity index is 1.88. The van der Waals surface area contributed by atoms with Crippen molar-refractivity contribution in [1.29, 1.82) is 0 Å². The van der Waals surface area contributed by atoms with E-state index in [0.29, 0.717) is 18.2 Å². The number of hydrogen-bond acceptors (Lipinski definition) is 26. The monoisotopic (exact) mass is 1090 g/mol. The van der Waals surface area contributed by atoms with Crippen molar-refractivity contribution in [2.24, 2.45) is 30.7 Å². The van der Waals surface area contributed by atoms with Gasteiger partial charge < -0.3 is 16.6 Å². The van der Waals surface area contributed by atoms with Crippen LogP contribution in [0, 0.1) is 0 Å². The van der Waals surface area contributed by atoms with Gasteiger partial charge in [-0.05, 0) is 66.7 Å². The van der Waals surface area contributed by atoms with E-state index in [0.717, 1.165) is 48.5 Å². The van der Waals surface area contributed by atoms with Gasteiger partial charge >= 0.3 is 37.2 Å². The Morgan fingerprint density at radius 3 is 1.28 bits per heavy atom. The van der Waals surface area contributed by atoms with Gasteiger partial charge in [-0.2, -0.15) is 43.9 Å². The molecule has 0 fully saturated rings. The zero-order valence-electron chi connectivity index (χ0n) is 33.2. The summed E-state index contributed by atoms with van der Waals surface area (Å²) in [5.74, 6) is -5.49. The van der Waals surface area contributed by atoms with Crippen molar-refractivity contribution in [1.82, 2.24) is 0 Å². The van der Waals surface area contributed by atoms with Crippen molar-refractivity contribution >= 4 is 122 Å². The summed E-state index contributed by atoms with van der Waals surface area (Å²) in [6.07, 6.45) is 0. The van der Waals surface area contributed by atoms with Crippen LogP contribution in [-0.2, 0) is 83.4 Å². The Morgan fingerprint density at radius 1 is 0.485 bits per heavy atom. The molecule has 0 aliphatic carbocycles. The summed E-state index contributed by atoms with van der Waals surface area (Å²) in [6.45, 7) is -2.08. The van der Waals surface area contributed by atoms with Crippen molar-refractivity contribution in [2.45, 2.75) is 19.6 Å². The number of nitrogens with two attached hydrogens (primary N) is 2. The van der Waals surface area contributed by atoms with Gasteiger partial charge in [0.1, 0.15) is 33.2 Å². The van der Waals surface area contributed by atoms with Crippen LogP contribution < -0.4 is 11.5 Å². The third-order valence-electron chi connectivity index (χ3n) is 7.98. The molecule has 370 valence electrons. The summed E-state index contributed by atoms with van der Waals surface area (Å²) in [4.78, 5) is 9.76. The fourth-order valence-electron chi connectivity index (χ4n) is 4.93. The first-order chi connectivity index (χ1) is 31.1. The molecular weight excluding hydrogens is 1060 g/mol. The van der Waals surface area contributed by atoms with Gasteiger partial charge in [-0.3, -0.25) is 18.2 Å². The van der Waals surface area contributed by atoms with Gasteiger partial charge in [0.15, 0.2) is 25.6 Å². The highest BCUT2D eigenvalue weighted by atomic mass is 32.3. The Labute approximate surface area is 384 Å². The zero-order valence-corrected chi connectivity index (χ0v) is 38.9. The van der Waals surface area contributed by atoms with Gasteiger partial charge in [0.05, 0.1) is 62.2 Å². The number of azo groups is 3. The second-order valence-electron chi connectivity index (χ2n) is 12.7. The van der Waals surface area contributed by atoms with Crippen LogP contribution in [0.4, 0.5) is 45.5 Å². The summed E-state index contributed by atoms with van der Waals surface area (Å²) in [5, 5.41) is 33.1. The van der Waals surface area contributed by atoms with E-state index in [1.165, 1.54) is 0 Å². The number of carboxylic acid groups (broad SMARTS) is 1. The molecule has 0 radical (unpaired) electrons. The van der Waals surface area contributed by atoms with E-state index in [-0.39, 0.29) is 16.3 Å². The average molecular weight is 1100 g/mol. The molecule has 0 heterocycles. The highest BCUT2D eigenvalue weighted by Gasteiger charge is 2.28. The lowest BCUT2D eigenvalue weighted by Gasteiger charge is -2.13. The van der Waals surface area contributed by atoms with E-state index in [2.05, 4.69) is 43.2 Å². The van der Waals surface area contributed by atoms with Crippen molar-refractivity contribution in [2.75, 3.05) is 42.1 Å². The Kier molecular flexibility index (Phi) is 16.7. The fourth-order valence-corrected chi connectivity index (χ4v) is 10.3. The number of rotatable bonds is 22. The van der Waals surface area contributed by atoms with Crippen LogP contribution in [0.25, 0.3) is 0 Å². The molecule has 0 spiro atoms. The van der Waals surface area contributed by atoms with Crippen LogP contribution in [-0.4, -0.2) is 119 Å². The van der Waals surface area contributed by atoms with Gasteiger partial charge in [-0.25, -0.2) is 42.6 Å². The number of hydrogen-bond donors (Lipinski definition) is 7. The van der Waals surface area contributed by atoms with Gasteiger partial charge in [-0.15, -0.1) is 20.5 Å². The molecule has 4 rings (SSSR count). The molecule has 9 N–H and O–H groups in total. The quantitative estimate of drug-likeness (QED) is 0.0338. The molecule has 0 aliphatic heterocycles. The first-order valence-electron chi connectivity index (χ1n) is 17.2. The molecule has 4 aromatic rings. The lowest BCUT2D eigenvalue weighted by atomic mass is 10.1. The summed E-state index contributed by atoms with van der Waals surface area (Å²) in [7, 11) is -34.0. The Morgan fingerprint density at radius 2 is 0.868 bits per heavy atom. The van der Waals surface area contributed by atoms with Crippen LogP contribution in [0.2, 0.25) is 0 Å². The maximum absolute atomic E-state index is 12.8. The molecule has 31 nitrogen and oxygen atoms in total. The summed E-state index contributed by atoms with van der Waals surface area (Å²) >= 11 is 0. The number of benzene rings is 4. The lowest BCUT2D eigenvalue weighted by molar-refractivity contribution is 0.0698. The molecule has 0 unspecified atom stereocenters. The van der Waals surface area contributed by atoms with Crippen molar-refractivity contribution in [3.63, 3.8) is 0 Å². The highest BCUT2D eigenvalue weighted by molar-refractivity contribution is 7.92. The second-order valence-corrected chi connectivity index (χ2v) is 23.5. The maximum Gasteiger partial charge on any atom is 0.398 e. The van der Waals surface area contributed by atoms with E-state index < -0.39 is 162 Å². The highest BCUT2D eigenvalue weighted by Crippen LogP contribution is 2.49. The van der Waals surface area contributed by atoms with E-state index in [1.807, 2.05) is 0 Å². The molecule has 0 aromatic heterocycles. The molecular formula is C30H30N8O23S7. The van der Waals surface area contributed by atoms with Crippen LogP contribution in [0.3, 0.4) is 0 Å². The second kappa shape index (κ2) is 20.8. The number of nitrogen functional groups attached to an aromatic ring is 2. The average Bonchev–Trinajstić information content (AvgIpc) is 3.20. The minimum atomic E-state index is -5.43. The van der Waals surface area contributed by atoms with Crippen molar-refractivity contribution in [3.8, 4) is 0 Å². The summed E-state index contributed by atoms with van der Waals surface area (Å²) in [6, 6.07) is 9.55. The normalized spacial score (nSPS) is 13.5. The number of carbonyl (C=O) groups is 1. The number of carboxylic acids is 1. The predicted molar refractivity (Wildman–Crippen MR) is 228 cm³/mol. The van der Waals surface area contributed by atoms with Crippen molar-refractivity contribution < 1.29 is 99.6 Å². The smallest absolute Gasteiger partial charge is 0.398 e. The molecule has 4 aromatic carbocycles. The van der Waals surface area contributed by atoms with E-state index in [4.69, 9.17) is 25.1 Å². The summed E-state index contributed by atoms with van der Waals surface area (Å²) in [5.41, 5.74) is 6.24. The minimum Gasteiger partial charge on any atom is -0.478 e. The van der Waals surface area contributed by atoms with Crippen LogP contribution in [0.5, 0.6) is 0 Å². The molecule has 68 heavy (non-hydrogen) atoms. The molecule has 38 heteroatoms. The van der Waals surface area contributed by atoms with E-state index in [1.54, 1.807) is 0 Å². The molecule has 0 aliphatic rings. The lowest BCUT2D eigenvalue weighted by Crippen LogP contribution is -2.16. The number of nitrogens with zero attached hydrogens (tertiary/aromatic N) is 6. The first-order valence-corrected chi connectivity index (χ1v) is 27.7. The largest absolute Gasteiger partial charge is 0.478 e. The number of anilines is 2. The van der Waals surface area contributed by atoms with E-state index >= 15 is 0 Å². The Bertz CT molecular complexity index is 3530. The summed E-state index contributed by atoms with van der Waals surface area (Å²) < 4.78 is 214. The van der Waals surface area contributed by atoms with Crippen LogP contribution >= 0.6 is 0 Å². The zero-order chi connectivity index (χ0) is 51.3. The van der Waals surface area contributed by atoms with Crippen molar-refractivity contribution in [3.05, 3.63) is 72.3 Å². The van der Waals surface area contributed by atoms with Gasteiger partial charge in [0.2, 0.25) is 9.84 Å². The third kappa shape index (κ3) is 15.3. The molecule has 0 bridgehead atoms. The third-order valence-corrected chi connectivity index (χ3v) is 15.1. The van der Waals surface area contributed by atoms with Crippen LogP contribution in [0.1, 0.15) is 10.4 Å². The minimum absolute atomic E-state index is 0.153. The van der Waals surface area contributed by atoms with Gasteiger partial charge in [0.25, 0.3) is 10.1 Å². The van der Waals surface area contributed by atoms with E-state index in [9.17, 15) is 73.4 Å². The molecule has 0 amide bonds. The number of aromatic carboxylic acids is 1. The maximum atomic E-state index is 12.8.